The summed E-state index contributed by atoms with van der Waals surface area (Å²) in [6, 6.07) is -0.181. The Labute approximate surface area is 72.6 Å². The van der Waals surface area contributed by atoms with E-state index in [0.717, 1.165) is 12.8 Å². The van der Waals surface area contributed by atoms with Gasteiger partial charge in [0.05, 0.1) is 6.10 Å². The summed E-state index contributed by atoms with van der Waals surface area (Å²) in [5.74, 6) is 0.0978. The lowest BCUT2D eigenvalue weighted by Gasteiger charge is -2.12. The van der Waals surface area contributed by atoms with Crippen LogP contribution in [0.5, 0.6) is 0 Å². The molecule has 0 aliphatic carbocycles. The third-order valence-electron chi connectivity index (χ3n) is 1.61. The van der Waals surface area contributed by atoms with Gasteiger partial charge in [-0.25, -0.2) is 0 Å². The third kappa shape index (κ3) is 5.94. The molecule has 0 unspecified atom stereocenters. The molecule has 0 aromatic carbocycles. The number of hydrogen-bond donors (Lipinski definition) is 4. The van der Waals surface area contributed by atoms with Gasteiger partial charge in [0.25, 0.3) is 0 Å². The first kappa shape index (κ1) is 11.2. The van der Waals surface area contributed by atoms with Gasteiger partial charge in [-0.3, -0.25) is 4.99 Å². The Morgan fingerprint density at radius 3 is 2.50 bits per heavy atom. The fourth-order valence-corrected chi connectivity index (χ4v) is 0.776. The average Bonchev–Trinajstić information content (AvgIpc) is 1.97. The summed E-state index contributed by atoms with van der Waals surface area (Å²) in [6.07, 6.45) is 1.06. The monoisotopic (exact) mass is 174 g/mol. The summed E-state index contributed by atoms with van der Waals surface area (Å²) in [6.45, 7) is 2.24. The van der Waals surface area contributed by atoms with Crippen molar-refractivity contribution >= 4 is 5.96 Å². The highest BCUT2D eigenvalue weighted by Crippen LogP contribution is 1.99. The molecule has 0 aromatic rings. The molecule has 12 heavy (non-hydrogen) atoms. The van der Waals surface area contributed by atoms with Crippen LogP contribution in [-0.4, -0.2) is 29.8 Å². The van der Waals surface area contributed by atoms with Gasteiger partial charge in [0.15, 0.2) is 5.96 Å². The number of hydrogen-bond acceptors (Lipinski definition) is 3. The second kappa shape index (κ2) is 5.79. The van der Waals surface area contributed by atoms with E-state index in [1.807, 2.05) is 0 Å². The van der Waals surface area contributed by atoms with Gasteiger partial charge < -0.3 is 22.3 Å². The van der Waals surface area contributed by atoms with Gasteiger partial charge in [0, 0.05) is 12.6 Å². The molecule has 0 rings (SSSR count). The van der Waals surface area contributed by atoms with E-state index in [2.05, 4.69) is 4.99 Å². The molecule has 0 heterocycles. The normalized spacial score (nSPS) is 15.2. The van der Waals surface area contributed by atoms with Gasteiger partial charge in [0.2, 0.25) is 0 Å². The van der Waals surface area contributed by atoms with Gasteiger partial charge in [-0.05, 0) is 19.8 Å². The minimum absolute atomic E-state index is 0.0978. The van der Waals surface area contributed by atoms with E-state index in [9.17, 15) is 0 Å². The van der Waals surface area contributed by atoms with Crippen molar-refractivity contribution < 1.29 is 5.11 Å². The van der Waals surface area contributed by atoms with Gasteiger partial charge in [0.1, 0.15) is 0 Å². The highest BCUT2D eigenvalue weighted by Gasteiger charge is 2.07. The zero-order valence-corrected chi connectivity index (χ0v) is 7.40. The summed E-state index contributed by atoms with van der Waals surface area (Å²) in [4.78, 5) is 3.79. The largest absolute Gasteiger partial charge is 0.392 e. The molecule has 0 saturated carbocycles. The number of nitrogens with two attached hydrogens (primary N) is 3. The number of rotatable bonds is 5. The highest BCUT2D eigenvalue weighted by molar-refractivity contribution is 5.75. The second-order valence-corrected chi connectivity index (χ2v) is 2.85. The number of aliphatic imine (C=N–C) groups is 1. The molecule has 5 nitrogen and oxygen atoms in total. The van der Waals surface area contributed by atoms with Crippen molar-refractivity contribution in [1.82, 2.24) is 0 Å². The Morgan fingerprint density at radius 2 is 2.08 bits per heavy atom. The summed E-state index contributed by atoms with van der Waals surface area (Å²) < 4.78 is 0. The van der Waals surface area contributed by atoms with Crippen LogP contribution in [0.2, 0.25) is 0 Å². The third-order valence-corrected chi connectivity index (χ3v) is 1.61. The second-order valence-electron chi connectivity index (χ2n) is 2.85. The van der Waals surface area contributed by atoms with Gasteiger partial charge >= 0.3 is 0 Å². The van der Waals surface area contributed by atoms with Crippen LogP contribution in [0.15, 0.2) is 4.99 Å². The number of aliphatic hydroxyl groups excluding tert-OH is 1. The Hall–Kier alpha value is -0.810. The van der Waals surface area contributed by atoms with Crippen LogP contribution in [0.3, 0.4) is 0 Å². The van der Waals surface area contributed by atoms with Crippen molar-refractivity contribution in [3.8, 4) is 0 Å². The Kier molecular flexibility index (Phi) is 5.40. The quantitative estimate of drug-likeness (QED) is 0.237. The molecule has 0 aromatic heterocycles. The average molecular weight is 174 g/mol. The van der Waals surface area contributed by atoms with Gasteiger partial charge in [-0.2, -0.15) is 0 Å². The standard InChI is InChI=1S/C7H18N4O/c1-5(12)6(8)3-2-4-11-7(9)10/h5-6,12H,2-4,8H2,1H3,(H4,9,10,11)/t5-,6+/m1/s1. The first-order valence-electron chi connectivity index (χ1n) is 4.03. The van der Waals surface area contributed by atoms with Crippen molar-refractivity contribution in [3.05, 3.63) is 0 Å². The van der Waals surface area contributed by atoms with E-state index in [1.54, 1.807) is 6.92 Å². The fourth-order valence-electron chi connectivity index (χ4n) is 0.776. The molecular formula is C7H18N4O. The van der Waals surface area contributed by atoms with Crippen LogP contribution in [0.1, 0.15) is 19.8 Å². The summed E-state index contributed by atoms with van der Waals surface area (Å²) in [5.41, 5.74) is 15.8. The molecule has 0 saturated heterocycles. The predicted molar refractivity (Wildman–Crippen MR) is 49.6 cm³/mol. The van der Waals surface area contributed by atoms with Crippen LogP contribution < -0.4 is 17.2 Å². The lowest BCUT2D eigenvalue weighted by molar-refractivity contribution is 0.158. The van der Waals surface area contributed by atoms with Crippen LogP contribution in [-0.2, 0) is 0 Å². The molecule has 0 aliphatic heterocycles. The van der Waals surface area contributed by atoms with E-state index in [-0.39, 0.29) is 12.0 Å². The molecular weight excluding hydrogens is 156 g/mol. The minimum atomic E-state index is -0.468. The molecule has 0 amide bonds. The summed E-state index contributed by atoms with van der Waals surface area (Å²) >= 11 is 0. The van der Waals surface area contributed by atoms with Crippen molar-refractivity contribution in [1.29, 1.82) is 0 Å². The Morgan fingerprint density at radius 1 is 1.50 bits per heavy atom. The molecule has 0 aliphatic rings. The van der Waals surface area contributed by atoms with Crippen molar-refractivity contribution in [2.24, 2.45) is 22.2 Å². The van der Waals surface area contributed by atoms with E-state index in [1.165, 1.54) is 0 Å². The Bertz CT molecular complexity index is 142. The number of guanidine groups is 1. The maximum atomic E-state index is 9.02. The molecule has 5 heteroatoms. The first-order valence-corrected chi connectivity index (χ1v) is 4.03. The smallest absolute Gasteiger partial charge is 0.185 e. The van der Waals surface area contributed by atoms with Gasteiger partial charge in [-0.15, -0.1) is 0 Å². The minimum Gasteiger partial charge on any atom is -0.392 e. The maximum absolute atomic E-state index is 9.02. The topological polar surface area (TPSA) is 111 Å². The molecule has 2 atom stereocenters. The number of nitrogens with zero attached hydrogens (tertiary/aromatic N) is 1. The van der Waals surface area contributed by atoms with Crippen LogP contribution in [0.4, 0.5) is 0 Å². The lowest BCUT2D eigenvalue weighted by atomic mass is 10.1. The van der Waals surface area contributed by atoms with Crippen molar-refractivity contribution in [2.45, 2.75) is 31.9 Å². The van der Waals surface area contributed by atoms with Crippen molar-refractivity contribution in [3.63, 3.8) is 0 Å². The molecule has 7 N–H and O–H groups in total. The molecule has 0 spiro atoms. The predicted octanol–water partition coefficient (Wildman–Crippen LogP) is -1.25. The van der Waals surface area contributed by atoms with E-state index in [0.29, 0.717) is 6.54 Å². The molecule has 0 bridgehead atoms. The van der Waals surface area contributed by atoms with E-state index < -0.39 is 6.10 Å². The number of aliphatic hydroxyl groups is 1. The molecule has 0 fully saturated rings. The first-order chi connectivity index (χ1) is 5.54. The molecule has 0 radical (unpaired) electrons. The van der Waals surface area contributed by atoms with E-state index in [4.69, 9.17) is 22.3 Å². The fraction of sp³-hybridized carbons (Fsp3) is 0.857. The van der Waals surface area contributed by atoms with Crippen LogP contribution in [0.25, 0.3) is 0 Å². The van der Waals surface area contributed by atoms with Crippen LogP contribution >= 0.6 is 0 Å². The maximum Gasteiger partial charge on any atom is 0.185 e. The lowest BCUT2D eigenvalue weighted by Crippen LogP contribution is -2.32. The SMILES string of the molecule is C[C@@H](O)[C@@H](N)CCCN=C(N)N. The zero-order chi connectivity index (χ0) is 9.56. The summed E-state index contributed by atoms with van der Waals surface area (Å²) in [7, 11) is 0. The highest BCUT2D eigenvalue weighted by atomic mass is 16.3. The van der Waals surface area contributed by atoms with Crippen molar-refractivity contribution in [2.75, 3.05) is 6.54 Å². The van der Waals surface area contributed by atoms with Gasteiger partial charge in [-0.1, -0.05) is 0 Å². The van der Waals surface area contributed by atoms with E-state index >= 15 is 0 Å². The van der Waals surface area contributed by atoms with Crippen LogP contribution in [0, 0.1) is 0 Å². The zero-order valence-electron chi connectivity index (χ0n) is 7.40. The molecule has 72 valence electrons. The summed E-state index contributed by atoms with van der Waals surface area (Å²) in [5, 5.41) is 9.02. The Balaban J connectivity index is 3.38.